The molecule has 0 saturated heterocycles. The number of carboxylic acid groups (broad SMARTS) is 1. The van der Waals surface area contributed by atoms with Crippen LogP contribution in [-0.2, 0) is 9.84 Å². The molecule has 18 heavy (non-hydrogen) atoms. The number of sulfone groups is 1. The number of aromatic nitrogens is 2. The normalized spacial score (nSPS) is 11.1. The van der Waals surface area contributed by atoms with E-state index in [1.54, 1.807) is 12.1 Å². The van der Waals surface area contributed by atoms with Crippen LogP contribution in [0.15, 0.2) is 52.8 Å². The monoisotopic (exact) mass is 264 g/mol. The highest BCUT2D eigenvalue weighted by Gasteiger charge is 2.20. The zero-order valence-corrected chi connectivity index (χ0v) is 9.83. The van der Waals surface area contributed by atoms with Gasteiger partial charge in [-0.3, -0.25) is 0 Å². The van der Waals surface area contributed by atoms with Crippen molar-refractivity contribution in [3.05, 3.63) is 48.3 Å². The minimum atomic E-state index is -3.80. The smallest absolute Gasteiger partial charge is 0.337 e. The summed E-state index contributed by atoms with van der Waals surface area (Å²) in [6, 6.07) is 6.83. The number of pyridine rings is 2. The van der Waals surface area contributed by atoms with E-state index in [2.05, 4.69) is 9.97 Å². The molecule has 0 fully saturated rings. The molecular formula is C11H8N2O4S. The number of hydrogen-bond acceptors (Lipinski definition) is 5. The van der Waals surface area contributed by atoms with Gasteiger partial charge in [0.05, 0.1) is 5.56 Å². The summed E-state index contributed by atoms with van der Waals surface area (Å²) in [5, 5.41) is 8.34. The molecule has 0 radical (unpaired) electrons. The Balaban J connectivity index is 2.46. The van der Waals surface area contributed by atoms with Crippen molar-refractivity contribution >= 4 is 15.8 Å². The van der Waals surface area contributed by atoms with Crippen molar-refractivity contribution in [3.63, 3.8) is 0 Å². The predicted octanol–water partition coefficient (Wildman–Crippen LogP) is 1.01. The fourth-order valence-corrected chi connectivity index (χ4v) is 2.39. The van der Waals surface area contributed by atoms with Gasteiger partial charge < -0.3 is 5.11 Å². The van der Waals surface area contributed by atoms with Crippen LogP contribution < -0.4 is 0 Å². The topological polar surface area (TPSA) is 97.2 Å². The molecule has 0 amide bonds. The second-order valence-corrected chi connectivity index (χ2v) is 5.21. The van der Waals surface area contributed by atoms with E-state index in [9.17, 15) is 13.2 Å². The summed E-state index contributed by atoms with van der Waals surface area (Å²) >= 11 is 0. The van der Waals surface area contributed by atoms with Crippen LogP contribution in [0.1, 0.15) is 10.4 Å². The molecule has 6 nitrogen and oxygen atoms in total. The second kappa shape index (κ2) is 4.53. The maximum absolute atomic E-state index is 12.0. The first-order valence-corrected chi connectivity index (χ1v) is 6.35. The van der Waals surface area contributed by atoms with E-state index in [-0.39, 0.29) is 15.6 Å². The summed E-state index contributed by atoms with van der Waals surface area (Å²) in [6.07, 6.45) is 2.36. The summed E-state index contributed by atoms with van der Waals surface area (Å²) in [5.74, 6) is -1.16. The Morgan fingerprint density at radius 1 is 1.06 bits per heavy atom. The molecule has 92 valence electrons. The van der Waals surface area contributed by atoms with Crippen molar-refractivity contribution in [2.75, 3.05) is 0 Å². The van der Waals surface area contributed by atoms with Gasteiger partial charge in [-0.2, -0.15) is 0 Å². The molecule has 7 heteroatoms. The Kier molecular flexibility index (Phi) is 3.07. The third kappa shape index (κ3) is 2.21. The molecule has 2 aromatic rings. The fraction of sp³-hybridized carbons (Fsp3) is 0. The van der Waals surface area contributed by atoms with Crippen LogP contribution in [0, 0.1) is 0 Å². The summed E-state index contributed by atoms with van der Waals surface area (Å²) in [7, 11) is -3.80. The average Bonchev–Trinajstić information content (AvgIpc) is 2.40. The van der Waals surface area contributed by atoms with Crippen molar-refractivity contribution in [2.45, 2.75) is 10.1 Å². The van der Waals surface area contributed by atoms with Crippen LogP contribution >= 0.6 is 0 Å². The van der Waals surface area contributed by atoms with Gasteiger partial charge in [0.1, 0.15) is 0 Å². The molecule has 2 heterocycles. The van der Waals surface area contributed by atoms with Gasteiger partial charge in [-0.25, -0.2) is 23.2 Å². The van der Waals surface area contributed by atoms with Gasteiger partial charge in [0, 0.05) is 12.4 Å². The molecule has 2 aromatic heterocycles. The van der Waals surface area contributed by atoms with Gasteiger partial charge in [0.15, 0.2) is 10.1 Å². The highest BCUT2D eigenvalue weighted by atomic mass is 32.2. The summed E-state index contributed by atoms with van der Waals surface area (Å²) in [6.45, 7) is 0. The maximum Gasteiger partial charge on any atom is 0.337 e. The van der Waals surface area contributed by atoms with Crippen LogP contribution in [-0.4, -0.2) is 29.5 Å². The molecule has 0 aromatic carbocycles. The molecule has 0 atom stereocenters. The molecule has 0 unspecified atom stereocenters. The molecule has 0 spiro atoms. The summed E-state index contributed by atoms with van der Waals surface area (Å²) < 4.78 is 24.1. The Morgan fingerprint density at radius 3 is 2.28 bits per heavy atom. The lowest BCUT2D eigenvalue weighted by Gasteiger charge is -2.02. The van der Waals surface area contributed by atoms with Gasteiger partial charge >= 0.3 is 5.97 Å². The zero-order valence-electron chi connectivity index (χ0n) is 9.02. The average molecular weight is 264 g/mol. The van der Waals surface area contributed by atoms with Gasteiger partial charge in [-0.05, 0) is 24.3 Å². The SMILES string of the molecule is O=C(O)c1ccc(S(=O)(=O)c2ccccn2)nc1. The minimum Gasteiger partial charge on any atom is -0.478 e. The lowest BCUT2D eigenvalue weighted by atomic mass is 10.3. The molecule has 0 aliphatic rings. The number of carbonyl (C=O) groups is 1. The molecule has 0 aliphatic heterocycles. The molecular weight excluding hydrogens is 256 g/mol. The number of aromatic carboxylic acids is 1. The lowest BCUT2D eigenvalue weighted by molar-refractivity contribution is 0.0696. The van der Waals surface area contributed by atoms with Crippen LogP contribution in [0.4, 0.5) is 0 Å². The lowest BCUT2D eigenvalue weighted by Crippen LogP contribution is -2.07. The molecule has 0 bridgehead atoms. The largest absolute Gasteiger partial charge is 0.478 e. The zero-order chi connectivity index (χ0) is 13.2. The number of hydrogen-bond donors (Lipinski definition) is 1. The van der Waals surface area contributed by atoms with Crippen LogP contribution in [0.2, 0.25) is 0 Å². The van der Waals surface area contributed by atoms with Crippen LogP contribution in [0.3, 0.4) is 0 Å². The summed E-state index contributed by atoms with van der Waals surface area (Å²) in [4.78, 5) is 18.0. The standard InChI is InChI=1S/C11H8N2O4S/c14-11(15)8-4-5-10(13-7-8)18(16,17)9-3-1-2-6-12-9/h1-7H,(H,14,15). The fourth-order valence-electron chi connectivity index (χ4n) is 1.28. The third-order valence-corrected chi connectivity index (χ3v) is 3.76. The van der Waals surface area contributed by atoms with Gasteiger partial charge in [0.2, 0.25) is 9.84 Å². The van der Waals surface area contributed by atoms with Crippen molar-refractivity contribution < 1.29 is 18.3 Å². The molecule has 0 aliphatic carbocycles. The van der Waals surface area contributed by atoms with E-state index in [0.717, 1.165) is 12.3 Å². The van der Waals surface area contributed by atoms with Crippen LogP contribution in [0.25, 0.3) is 0 Å². The molecule has 2 rings (SSSR count). The quantitative estimate of drug-likeness (QED) is 0.888. The molecule has 0 saturated carbocycles. The highest BCUT2D eigenvalue weighted by molar-refractivity contribution is 7.91. The first-order chi connectivity index (χ1) is 8.51. The van der Waals surface area contributed by atoms with E-state index in [4.69, 9.17) is 5.11 Å². The first kappa shape index (κ1) is 12.2. The van der Waals surface area contributed by atoms with Crippen molar-refractivity contribution in [2.24, 2.45) is 0 Å². The minimum absolute atomic E-state index is 0.0741. The van der Waals surface area contributed by atoms with E-state index in [1.807, 2.05) is 0 Å². The summed E-state index contributed by atoms with van der Waals surface area (Å²) in [5.41, 5.74) is -0.0741. The Hall–Kier alpha value is -2.28. The van der Waals surface area contributed by atoms with E-state index >= 15 is 0 Å². The van der Waals surface area contributed by atoms with Gasteiger partial charge in [-0.1, -0.05) is 6.07 Å². The predicted molar refractivity (Wildman–Crippen MR) is 60.9 cm³/mol. The first-order valence-electron chi connectivity index (χ1n) is 4.87. The highest BCUT2D eigenvalue weighted by Crippen LogP contribution is 2.16. The van der Waals surface area contributed by atoms with Crippen molar-refractivity contribution in [1.82, 2.24) is 9.97 Å². The van der Waals surface area contributed by atoms with Crippen LogP contribution in [0.5, 0.6) is 0 Å². The van der Waals surface area contributed by atoms with E-state index in [1.165, 1.54) is 18.3 Å². The number of nitrogens with zero attached hydrogens (tertiary/aromatic N) is 2. The Labute approximate surface area is 103 Å². The third-order valence-electron chi connectivity index (χ3n) is 2.17. The van der Waals surface area contributed by atoms with Crippen molar-refractivity contribution in [3.8, 4) is 0 Å². The van der Waals surface area contributed by atoms with E-state index < -0.39 is 15.8 Å². The Morgan fingerprint density at radius 2 is 1.78 bits per heavy atom. The van der Waals surface area contributed by atoms with E-state index in [0.29, 0.717) is 0 Å². The second-order valence-electron chi connectivity index (χ2n) is 3.36. The number of carboxylic acids is 1. The van der Waals surface area contributed by atoms with Gasteiger partial charge in [0.25, 0.3) is 0 Å². The van der Waals surface area contributed by atoms with Gasteiger partial charge in [-0.15, -0.1) is 0 Å². The molecule has 1 N–H and O–H groups in total. The Bertz CT molecular complexity index is 666. The van der Waals surface area contributed by atoms with Crippen molar-refractivity contribution in [1.29, 1.82) is 0 Å². The maximum atomic E-state index is 12.0. The number of rotatable bonds is 3.